The van der Waals surface area contributed by atoms with Gasteiger partial charge < -0.3 is 5.32 Å². The maximum absolute atomic E-state index is 13.1. The van der Waals surface area contributed by atoms with Gasteiger partial charge in [-0.3, -0.25) is 9.52 Å². The van der Waals surface area contributed by atoms with Crippen LogP contribution >= 0.6 is 0 Å². The van der Waals surface area contributed by atoms with Crippen LogP contribution in [0.5, 0.6) is 0 Å². The molecule has 0 radical (unpaired) electrons. The number of benzene rings is 2. The van der Waals surface area contributed by atoms with Crippen molar-refractivity contribution in [3.8, 4) is 0 Å². The van der Waals surface area contributed by atoms with Crippen molar-refractivity contribution in [1.29, 1.82) is 0 Å². The van der Waals surface area contributed by atoms with Gasteiger partial charge >= 0.3 is 0 Å². The van der Waals surface area contributed by atoms with Crippen LogP contribution in [0.3, 0.4) is 0 Å². The lowest BCUT2D eigenvalue weighted by Gasteiger charge is -2.56. The van der Waals surface area contributed by atoms with Crippen molar-refractivity contribution in [1.82, 2.24) is 5.32 Å². The number of amides is 1. The maximum Gasteiger partial charge on any atom is 0.261 e. The summed E-state index contributed by atoms with van der Waals surface area (Å²) in [6.07, 6.45) is 7.24. The van der Waals surface area contributed by atoms with E-state index in [1.807, 2.05) is 6.92 Å². The lowest BCUT2D eigenvalue weighted by molar-refractivity contribution is -0.0167. The number of rotatable bonds is 5. The summed E-state index contributed by atoms with van der Waals surface area (Å²) in [5.74, 6) is 2.16. The number of nitrogens with one attached hydrogen (secondary N) is 2. The highest BCUT2D eigenvalue weighted by atomic mass is 32.2. The lowest BCUT2D eigenvalue weighted by atomic mass is 9.53. The van der Waals surface area contributed by atoms with Gasteiger partial charge in [0.25, 0.3) is 15.9 Å². The lowest BCUT2D eigenvalue weighted by Crippen LogP contribution is -2.59. The quantitative estimate of drug-likeness (QED) is 0.742. The van der Waals surface area contributed by atoms with E-state index in [1.165, 1.54) is 19.3 Å². The summed E-state index contributed by atoms with van der Waals surface area (Å²) < 4.78 is 28.1. The molecule has 4 bridgehead atoms. The molecular formula is C24H28N2O3S. The number of sulfonamides is 1. The van der Waals surface area contributed by atoms with Crippen LogP contribution in [0.15, 0.2) is 53.4 Å². The minimum absolute atomic E-state index is 0.0690. The minimum Gasteiger partial charge on any atom is -0.347 e. The zero-order valence-electron chi connectivity index (χ0n) is 17.2. The fourth-order valence-corrected chi connectivity index (χ4v) is 7.40. The van der Waals surface area contributed by atoms with E-state index < -0.39 is 10.0 Å². The standard InChI is InChI=1S/C24H28N2O3S/c1-16-7-8-20(12-22(16)26-30(28,29)21-5-3-2-4-6-21)23(27)25-24-13-17-9-18(14-24)11-19(10-17)15-24/h2-8,12,17-19,26H,9-11,13-15H2,1H3,(H,25,27). The molecule has 0 atom stereocenters. The van der Waals surface area contributed by atoms with Gasteiger partial charge in [0, 0.05) is 11.1 Å². The van der Waals surface area contributed by atoms with Gasteiger partial charge in [0.15, 0.2) is 0 Å². The second-order valence-electron chi connectivity index (χ2n) is 9.60. The molecule has 0 aromatic heterocycles. The van der Waals surface area contributed by atoms with Crippen LogP contribution in [0.25, 0.3) is 0 Å². The van der Waals surface area contributed by atoms with E-state index in [-0.39, 0.29) is 16.3 Å². The summed E-state index contributed by atoms with van der Waals surface area (Å²) in [5.41, 5.74) is 1.65. The number of hydrogen-bond acceptors (Lipinski definition) is 3. The van der Waals surface area contributed by atoms with Crippen LogP contribution in [0.1, 0.15) is 54.4 Å². The molecule has 2 aromatic rings. The molecule has 0 spiro atoms. The number of anilines is 1. The van der Waals surface area contributed by atoms with Crippen molar-refractivity contribution in [3.05, 3.63) is 59.7 Å². The molecule has 5 nitrogen and oxygen atoms in total. The molecule has 6 heteroatoms. The normalized spacial score (nSPS) is 29.6. The first kappa shape index (κ1) is 19.6. The molecule has 2 aromatic carbocycles. The highest BCUT2D eigenvalue weighted by Gasteiger charge is 2.51. The van der Waals surface area contributed by atoms with Crippen LogP contribution < -0.4 is 10.0 Å². The largest absolute Gasteiger partial charge is 0.347 e. The second-order valence-corrected chi connectivity index (χ2v) is 11.3. The summed E-state index contributed by atoms with van der Waals surface area (Å²) in [7, 11) is -3.70. The monoisotopic (exact) mass is 424 g/mol. The molecule has 0 heterocycles. The van der Waals surface area contributed by atoms with Gasteiger partial charge in [-0.25, -0.2) is 8.42 Å². The molecule has 4 aliphatic carbocycles. The Morgan fingerprint density at radius 1 is 0.933 bits per heavy atom. The maximum atomic E-state index is 13.1. The number of carbonyl (C=O) groups is 1. The van der Waals surface area contributed by atoms with Crippen LogP contribution in [-0.2, 0) is 10.0 Å². The Kier molecular flexibility index (Phi) is 4.65. The van der Waals surface area contributed by atoms with Crippen LogP contribution in [0.2, 0.25) is 0 Å². The molecule has 6 rings (SSSR count). The zero-order valence-corrected chi connectivity index (χ0v) is 18.0. The van der Waals surface area contributed by atoms with E-state index in [0.717, 1.165) is 42.6 Å². The highest BCUT2D eigenvalue weighted by Crippen LogP contribution is 2.55. The van der Waals surface area contributed by atoms with Crippen LogP contribution in [0.4, 0.5) is 5.69 Å². The SMILES string of the molecule is Cc1ccc(C(=O)NC23CC4CC(CC(C4)C2)C3)cc1NS(=O)(=O)c1ccccc1. The first-order chi connectivity index (χ1) is 14.3. The third-order valence-corrected chi connectivity index (χ3v) is 8.60. The number of hydrogen-bond donors (Lipinski definition) is 2. The van der Waals surface area contributed by atoms with Gasteiger partial charge in [-0.15, -0.1) is 0 Å². The smallest absolute Gasteiger partial charge is 0.261 e. The number of aryl methyl sites for hydroxylation is 1. The average molecular weight is 425 g/mol. The molecule has 158 valence electrons. The van der Waals surface area contributed by atoms with Gasteiger partial charge in [0.05, 0.1) is 10.6 Å². The molecular weight excluding hydrogens is 396 g/mol. The second kappa shape index (κ2) is 7.12. The summed E-state index contributed by atoms with van der Waals surface area (Å²) in [5, 5.41) is 3.37. The Labute approximate surface area is 178 Å². The summed E-state index contributed by atoms with van der Waals surface area (Å²) in [6, 6.07) is 13.5. The molecule has 30 heavy (non-hydrogen) atoms. The molecule has 4 fully saturated rings. The van der Waals surface area contributed by atoms with Gasteiger partial charge in [0.2, 0.25) is 0 Å². The van der Waals surface area contributed by atoms with Crippen LogP contribution in [0, 0.1) is 24.7 Å². The molecule has 4 aliphatic rings. The Balaban J connectivity index is 1.36. The average Bonchev–Trinajstić information content (AvgIpc) is 2.69. The van der Waals surface area contributed by atoms with Gasteiger partial charge in [-0.05, 0) is 93.0 Å². The van der Waals surface area contributed by atoms with Gasteiger partial charge in [-0.2, -0.15) is 0 Å². The third kappa shape index (κ3) is 3.62. The van der Waals surface area contributed by atoms with Crippen molar-refractivity contribution in [2.24, 2.45) is 17.8 Å². The van der Waals surface area contributed by atoms with Crippen molar-refractivity contribution in [3.63, 3.8) is 0 Å². The van der Waals surface area contributed by atoms with Crippen molar-refractivity contribution < 1.29 is 13.2 Å². The summed E-state index contributed by atoms with van der Waals surface area (Å²) in [4.78, 5) is 13.3. The van der Waals surface area contributed by atoms with Gasteiger partial charge in [-0.1, -0.05) is 24.3 Å². The minimum atomic E-state index is -3.70. The Bertz CT molecular complexity index is 1040. The van der Waals surface area contributed by atoms with E-state index in [9.17, 15) is 13.2 Å². The van der Waals surface area contributed by atoms with E-state index in [4.69, 9.17) is 0 Å². The number of carbonyl (C=O) groups excluding carboxylic acids is 1. The highest BCUT2D eigenvalue weighted by molar-refractivity contribution is 7.92. The topological polar surface area (TPSA) is 75.3 Å². The van der Waals surface area contributed by atoms with Crippen molar-refractivity contribution in [2.45, 2.75) is 55.9 Å². The zero-order chi connectivity index (χ0) is 20.9. The fraction of sp³-hybridized carbons (Fsp3) is 0.458. The Morgan fingerprint density at radius 3 is 2.13 bits per heavy atom. The van der Waals surface area contributed by atoms with Crippen LogP contribution in [-0.4, -0.2) is 19.9 Å². The van der Waals surface area contributed by atoms with E-state index in [2.05, 4.69) is 10.0 Å². The molecule has 4 saturated carbocycles. The first-order valence-electron chi connectivity index (χ1n) is 10.8. The summed E-state index contributed by atoms with van der Waals surface area (Å²) >= 11 is 0. The Hall–Kier alpha value is -2.34. The van der Waals surface area contributed by atoms with Gasteiger partial charge in [0.1, 0.15) is 0 Å². The molecule has 2 N–H and O–H groups in total. The van der Waals surface area contributed by atoms with E-state index in [1.54, 1.807) is 48.5 Å². The van der Waals surface area contributed by atoms with E-state index in [0.29, 0.717) is 11.3 Å². The molecule has 0 saturated heterocycles. The molecule has 0 aliphatic heterocycles. The summed E-state index contributed by atoms with van der Waals surface area (Å²) in [6.45, 7) is 1.84. The van der Waals surface area contributed by atoms with Crippen molar-refractivity contribution in [2.75, 3.05) is 4.72 Å². The predicted molar refractivity (Wildman–Crippen MR) is 117 cm³/mol. The fourth-order valence-electron chi connectivity index (χ4n) is 6.25. The first-order valence-corrected chi connectivity index (χ1v) is 12.3. The third-order valence-electron chi connectivity index (χ3n) is 7.21. The Morgan fingerprint density at radius 2 is 1.53 bits per heavy atom. The molecule has 0 unspecified atom stereocenters. The molecule has 1 amide bonds. The predicted octanol–water partition coefficient (Wildman–Crippen LogP) is 4.49. The van der Waals surface area contributed by atoms with Crippen molar-refractivity contribution >= 4 is 21.6 Å². The van der Waals surface area contributed by atoms with E-state index >= 15 is 0 Å².